The first-order valence-electron chi connectivity index (χ1n) is 4.45. The summed E-state index contributed by atoms with van der Waals surface area (Å²) in [5.41, 5.74) is 0. The normalized spacial score (nSPS) is 36.6. The molecule has 0 spiro atoms. The number of alkyl halides is 4. The van der Waals surface area contributed by atoms with Crippen LogP contribution in [0.5, 0.6) is 0 Å². The molecule has 0 aromatic carbocycles. The van der Waals surface area contributed by atoms with E-state index in [0.717, 1.165) is 4.90 Å². The summed E-state index contributed by atoms with van der Waals surface area (Å²) in [4.78, 5) is 12.1. The van der Waals surface area contributed by atoms with Gasteiger partial charge in [0, 0.05) is 16.9 Å². The second kappa shape index (κ2) is 3.12. The van der Waals surface area contributed by atoms with Crippen molar-refractivity contribution in [2.24, 2.45) is 0 Å². The Bertz CT molecular complexity index is 268. The van der Waals surface area contributed by atoms with Gasteiger partial charge in [0.2, 0.25) is 0 Å². The maximum absolute atomic E-state index is 12.2. The van der Waals surface area contributed by atoms with Gasteiger partial charge < -0.3 is 4.90 Å². The lowest BCUT2D eigenvalue weighted by atomic mass is 10.0. The Morgan fingerprint density at radius 3 is 2.36 bits per heavy atom. The molecule has 0 aliphatic carbocycles. The Morgan fingerprint density at radius 1 is 1.36 bits per heavy atom. The van der Waals surface area contributed by atoms with Crippen LogP contribution < -0.4 is 0 Å². The van der Waals surface area contributed by atoms with E-state index in [1.807, 2.05) is 0 Å². The Kier molecular flexibility index (Phi) is 2.28. The highest BCUT2D eigenvalue weighted by Crippen LogP contribution is 2.43. The molecule has 14 heavy (non-hydrogen) atoms. The molecule has 0 saturated carbocycles. The summed E-state index contributed by atoms with van der Waals surface area (Å²) in [5, 5.41) is 0. The second-order valence-corrected chi connectivity index (χ2v) is 4.94. The third-order valence-electron chi connectivity index (χ3n) is 2.94. The van der Waals surface area contributed by atoms with Crippen LogP contribution in [0.1, 0.15) is 19.3 Å². The lowest BCUT2D eigenvalue weighted by Crippen LogP contribution is -2.44. The first-order chi connectivity index (χ1) is 6.41. The zero-order chi connectivity index (χ0) is 10.5. The van der Waals surface area contributed by atoms with Gasteiger partial charge >= 0.3 is 12.1 Å². The Labute approximate surface area is 87.6 Å². The summed E-state index contributed by atoms with van der Waals surface area (Å²) in [5.74, 6) is -1.67. The SMILES string of the molecule is O=C(N1[C@H]2CC[C@@H]1[C@@H](Br)C2)C(F)(F)F. The molecule has 0 radical (unpaired) electrons. The topological polar surface area (TPSA) is 20.3 Å². The van der Waals surface area contributed by atoms with Gasteiger partial charge in [-0.3, -0.25) is 4.79 Å². The molecule has 0 aromatic rings. The number of carbonyl (C=O) groups excluding carboxylic acids is 1. The Balaban J connectivity index is 2.17. The molecule has 2 fully saturated rings. The molecule has 0 N–H and O–H groups in total. The average molecular weight is 272 g/mol. The fraction of sp³-hybridized carbons (Fsp3) is 0.875. The van der Waals surface area contributed by atoms with Gasteiger partial charge in [-0.1, -0.05) is 15.9 Å². The summed E-state index contributed by atoms with van der Waals surface area (Å²) in [6.45, 7) is 0. The van der Waals surface area contributed by atoms with Gasteiger partial charge in [0.25, 0.3) is 0 Å². The number of rotatable bonds is 0. The van der Waals surface area contributed by atoms with E-state index in [4.69, 9.17) is 0 Å². The van der Waals surface area contributed by atoms with Gasteiger partial charge in [-0.2, -0.15) is 13.2 Å². The van der Waals surface area contributed by atoms with E-state index in [1.54, 1.807) is 0 Å². The van der Waals surface area contributed by atoms with E-state index in [1.165, 1.54) is 0 Å². The van der Waals surface area contributed by atoms with E-state index in [9.17, 15) is 18.0 Å². The highest BCUT2D eigenvalue weighted by atomic mass is 79.9. The number of fused-ring (bicyclic) bond motifs is 2. The van der Waals surface area contributed by atoms with Gasteiger partial charge in [0.05, 0.1) is 0 Å². The van der Waals surface area contributed by atoms with Crippen molar-refractivity contribution in [2.45, 2.75) is 42.3 Å². The van der Waals surface area contributed by atoms with Crippen LogP contribution in [0, 0.1) is 0 Å². The molecule has 80 valence electrons. The molecule has 2 nitrogen and oxygen atoms in total. The van der Waals surface area contributed by atoms with Crippen molar-refractivity contribution in [1.82, 2.24) is 4.90 Å². The summed E-state index contributed by atoms with van der Waals surface area (Å²) in [6.07, 6.45) is -2.69. The van der Waals surface area contributed by atoms with Crippen LogP contribution in [0.2, 0.25) is 0 Å². The van der Waals surface area contributed by atoms with Crippen molar-refractivity contribution in [3.63, 3.8) is 0 Å². The summed E-state index contributed by atoms with van der Waals surface area (Å²) in [7, 11) is 0. The highest BCUT2D eigenvalue weighted by Gasteiger charge is 2.54. The summed E-state index contributed by atoms with van der Waals surface area (Å²) < 4.78 is 36.6. The van der Waals surface area contributed by atoms with Crippen molar-refractivity contribution in [2.75, 3.05) is 0 Å². The molecule has 2 aliphatic heterocycles. The van der Waals surface area contributed by atoms with Crippen molar-refractivity contribution in [3.8, 4) is 0 Å². The van der Waals surface area contributed by atoms with Crippen molar-refractivity contribution in [1.29, 1.82) is 0 Å². The third kappa shape index (κ3) is 1.43. The van der Waals surface area contributed by atoms with Crippen molar-refractivity contribution >= 4 is 21.8 Å². The van der Waals surface area contributed by atoms with E-state index in [-0.39, 0.29) is 16.9 Å². The molecule has 3 atom stereocenters. The van der Waals surface area contributed by atoms with Crippen molar-refractivity contribution in [3.05, 3.63) is 0 Å². The highest BCUT2D eigenvalue weighted by molar-refractivity contribution is 9.09. The van der Waals surface area contributed by atoms with E-state index >= 15 is 0 Å². The van der Waals surface area contributed by atoms with E-state index in [2.05, 4.69) is 15.9 Å². The lowest BCUT2D eigenvalue weighted by molar-refractivity contribution is -0.186. The molecular weight excluding hydrogens is 263 g/mol. The number of halogens is 4. The van der Waals surface area contributed by atoms with Gasteiger partial charge in [-0.15, -0.1) is 0 Å². The minimum atomic E-state index is -4.72. The summed E-state index contributed by atoms with van der Waals surface area (Å²) in [6, 6.07) is -0.465. The summed E-state index contributed by atoms with van der Waals surface area (Å²) >= 11 is 3.31. The zero-order valence-electron chi connectivity index (χ0n) is 7.22. The van der Waals surface area contributed by atoms with E-state index < -0.39 is 12.1 Å². The number of nitrogens with zero attached hydrogens (tertiary/aromatic N) is 1. The van der Waals surface area contributed by atoms with E-state index in [0.29, 0.717) is 19.3 Å². The number of hydrogen-bond acceptors (Lipinski definition) is 1. The number of hydrogen-bond donors (Lipinski definition) is 0. The molecule has 2 heterocycles. The van der Waals surface area contributed by atoms with Crippen LogP contribution in [0.15, 0.2) is 0 Å². The molecule has 0 aromatic heterocycles. The number of carbonyl (C=O) groups is 1. The van der Waals surface area contributed by atoms with Gasteiger partial charge in [-0.05, 0) is 19.3 Å². The van der Waals surface area contributed by atoms with Gasteiger partial charge in [-0.25, -0.2) is 0 Å². The molecule has 2 bridgehead atoms. The minimum absolute atomic E-state index is 0.0348. The first-order valence-corrected chi connectivity index (χ1v) is 5.36. The largest absolute Gasteiger partial charge is 0.471 e. The predicted molar refractivity (Wildman–Crippen MR) is 47.0 cm³/mol. The molecular formula is C8H9BrF3NO. The van der Waals surface area contributed by atoms with Crippen molar-refractivity contribution < 1.29 is 18.0 Å². The van der Waals surface area contributed by atoms with Gasteiger partial charge in [0.15, 0.2) is 0 Å². The quantitative estimate of drug-likeness (QED) is 0.618. The Morgan fingerprint density at radius 2 is 2.00 bits per heavy atom. The molecule has 2 aliphatic rings. The van der Waals surface area contributed by atoms with Crippen LogP contribution in [0.3, 0.4) is 0 Å². The molecule has 0 unspecified atom stereocenters. The minimum Gasteiger partial charge on any atom is -0.328 e. The fourth-order valence-corrected chi connectivity index (χ4v) is 3.33. The molecule has 1 amide bonds. The fourth-order valence-electron chi connectivity index (χ4n) is 2.38. The maximum Gasteiger partial charge on any atom is 0.471 e. The second-order valence-electron chi connectivity index (χ2n) is 3.76. The zero-order valence-corrected chi connectivity index (χ0v) is 8.81. The third-order valence-corrected chi connectivity index (χ3v) is 3.92. The maximum atomic E-state index is 12.2. The van der Waals surface area contributed by atoms with Crippen LogP contribution in [-0.4, -0.2) is 33.9 Å². The van der Waals surface area contributed by atoms with Crippen LogP contribution in [0.25, 0.3) is 0 Å². The first kappa shape index (κ1) is 10.3. The van der Waals surface area contributed by atoms with Crippen LogP contribution in [-0.2, 0) is 4.79 Å². The van der Waals surface area contributed by atoms with Crippen LogP contribution >= 0.6 is 15.9 Å². The van der Waals surface area contributed by atoms with Crippen LogP contribution in [0.4, 0.5) is 13.2 Å². The molecule has 2 saturated heterocycles. The Hall–Kier alpha value is -0.260. The molecule has 6 heteroatoms. The predicted octanol–water partition coefficient (Wildman–Crippen LogP) is 2.08. The smallest absolute Gasteiger partial charge is 0.328 e. The standard InChI is InChI=1S/C8H9BrF3NO/c9-5-3-4-1-2-6(5)13(4)7(14)8(10,11)12/h4-6H,1-3H2/t4-,5-,6+/m0/s1. The van der Waals surface area contributed by atoms with Gasteiger partial charge in [0.1, 0.15) is 0 Å². The average Bonchev–Trinajstić information content (AvgIpc) is 2.56. The lowest BCUT2D eigenvalue weighted by Gasteiger charge is -2.23. The molecule has 2 rings (SSSR count). The number of amides is 1. The monoisotopic (exact) mass is 271 g/mol.